The Kier molecular flexibility index (Phi) is 5.69. The first-order valence-corrected chi connectivity index (χ1v) is 11.1. The summed E-state index contributed by atoms with van der Waals surface area (Å²) in [5.74, 6) is 1.34. The summed E-state index contributed by atoms with van der Waals surface area (Å²) < 4.78 is 5.46. The van der Waals surface area contributed by atoms with Gasteiger partial charge >= 0.3 is 0 Å². The fourth-order valence-electron chi connectivity index (χ4n) is 4.19. The number of fused-ring (bicyclic) bond motifs is 1. The van der Waals surface area contributed by atoms with Crippen LogP contribution in [0.2, 0.25) is 0 Å². The Morgan fingerprint density at radius 2 is 1.78 bits per heavy atom. The molecule has 3 aromatic carbocycles. The average Bonchev–Trinajstić information content (AvgIpc) is 3.28. The van der Waals surface area contributed by atoms with Crippen molar-refractivity contribution in [1.29, 1.82) is 0 Å². The highest BCUT2D eigenvalue weighted by atomic mass is 16.5. The van der Waals surface area contributed by atoms with Gasteiger partial charge in [0.1, 0.15) is 0 Å². The summed E-state index contributed by atoms with van der Waals surface area (Å²) >= 11 is 0. The van der Waals surface area contributed by atoms with E-state index < -0.39 is 0 Å². The van der Waals surface area contributed by atoms with Crippen molar-refractivity contribution in [2.24, 2.45) is 5.92 Å². The van der Waals surface area contributed by atoms with E-state index in [9.17, 15) is 4.79 Å². The number of carbonyl (C=O) groups excluding carboxylic acids is 1. The van der Waals surface area contributed by atoms with E-state index in [-0.39, 0.29) is 11.8 Å². The fourth-order valence-corrected chi connectivity index (χ4v) is 4.19. The maximum absolute atomic E-state index is 12.8. The second kappa shape index (κ2) is 8.93. The molecule has 0 aliphatic carbocycles. The molecule has 6 nitrogen and oxygen atoms in total. The van der Waals surface area contributed by atoms with Crippen LogP contribution in [-0.2, 0) is 11.3 Å². The van der Waals surface area contributed by atoms with Crippen molar-refractivity contribution in [2.75, 3.05) is 18.4 Å². The molecule has 0 saturated carbocycles. The lowest BCUT2D eigenvalue weighted by molar-refractivity contribution is -0.121. The lowest BCUT2D eigenvalue weighted by Crippen LogP contribution is -2.37. The Balaban J connectivity index is 1.14. The van der Waals surface area contributed by atoms with Crippen LogP contribution in [-0.4, -0.2) is 34.0 Å². The third-order valence-corrected chi connectivity index (χ3v) is 6.11. The standard InChI is InChI=1S/C26H26N4O2/c1-18-6-8-20(9-7-18)25-28-24(32-29-25)17-30-14-12-21(13-15-30)26(31)27-23-11-10-19-4-2-3-5-22(19)16-23/h2-11,16,21H,12-15,17H2,1H3,(H,27,31). The highest BCUT2D eigenvalue weighted by Crippen LogP contribution is 2.24. The number of nitrogens with one attached hydrogen (secondary N) is 1. The molecule has 1 aliphatic rings. The molecule has 5 rings (SSSR count). The van der Waals surface area contributed by atoms with Crippen molar-refractivity contribution >= 4 is 22.4 Å². The van der Waals surface area contributed by atoms with Crippen molar-refractivity contribution in [3.05, 3.63) is 78.2 Å². The van der Waals surface area contributed by atoms with Crippen LogP contribution in [0.25, 0.3) is 22.2 Å². The molecule has 1 fully saturated rings. The third kappa shape index (κ3) is 4.55. The summed E-state index contributed by atoms with van der Waals surface area (Å²) in [7, 11) is 0. The van der Waals surface area contributed by atoms with Gasteiger partial charge in [-0.15, -0.1) is 0 Å². The van der Waals surface area contributed by atoms with Crippen molar-refractivity contribution in [2.45, 2.75) is 26.3 Å². The van der Waals surface area contributed by atoms with E-state index in [2.05, 4.69) is 39.4 Å². The monoisotopic (exact) mass is 426 g/mol. The zero-order valence-corrected chi connectivity index (χ0v) is 18.1. The normalized spacial score (nSPS) is 15.2. The Morgan fingerprint density at radius 3 is 2.56 bits per heavy atom. The highest BCUT2D eigenvalue weighted by molar-refractivity contribution is 5.95. The zero-order valence-electron chi connectivity index (χ0n) is 18.1. The first-order valence-electron chi connectivity index (χ1n) is 11.1. The van der Waals surface area contributed by atoms with Gasteiger partial charge in [-0.3, -0.25) is 9.69 Å². The zero-order chi connectivity index (χ0) is 21.9. The molecule has 1 amide bonds. The second-order valence-corrected chi connectivity index (χ2v) is 8.48. The number of carbonyl (C=O) groups is 1. The molecule has 0 radical (unpaired) electrons. The summed E-state index contributed by atoms with van der Waals surface area (Å²) in [6, 6.07) is 22.3. The lowest BCUT2D eigenvalue weighted by Gasteiger charge is -2.30. The smallest absolute Gasteiger partial charge is 0.241 e. The Morgan fingerprint density at radius 1 is 1.03 bits per heavy atom. The van der Waals surface area contributed by atoms with Gasteiger partial charge in [-0.05, 0) is 55.8 Å². The summed E-state index contributed by atoms with van der Waals surface area (Å²) in [5.41, 5.74) is 3.00. The largest absolute Gasteiger partial charge is 0.338 e. The number of hydrogen-bond donors (Lipinski definition) is 1. The molecule has 4 aromatic rings. The number of likely N-dealkylation sites (tertiary alicyclic amines) is 1. The molecule has 162 valence electrons. The first kappa shape index (κ1) is 20.4. The molecule has 0 atom stereocenters. The van der Waals surface area contributed by atoms with Crippen LogP contribution in [0.5, 0.6) is 0 Å². The number of aryl methyl sites for hydroxylation is 1. The topological polar surface area (TPSA) is 71.3 Å². The van der Waals surface area contributed by atoms with Gasteiger partial charge < -0.3 is 9.84 Å². The minimum atomic E-state index is 0.0172. The maximum atomic E-state index is 12.8. The van der Waals surface area contributed by atoms with Gasteiger partial charge in [0.25, 0.3) is 0 Å². The Labute approximate surface area is 187 Å². The molecule has 0 bridgehead atoms. The van der Waals surface area contributed by atoms with Crippen molar-refractivity contribution < 1.29 is 9.32 Å². The molecule has 1 aromatic heterocycles. The van der Waals surface area contributed by atoms with Gasteiger partial charge in [0.2, 0.25) is 17.6 Å². The van der Waals surface area contributed by atoms with Gasteiger partial charge in [0.15, 0.2) is 0 Å². The summed E-state index contributed by atoms with van der Waals surface area (Å²) in [5, 5.41) is 9.51. The summed E-state index contributed by atoms with van der Waals surface area (Å²) in [6.45, 7) is 4.32. The van der Waals surface area contributed by atoms with E-state index in [0.29, 0.717) is 18.3 Å². The quantitative estimate of drug-likeness (QED) is 0.484. The van der Waals surface area contributed by atoms with Crippen LogP contribution in [0.4, 0.5) is 5.69 Å². The first-order chi connectivity index (χ1) is 15.6. The molecule has 6 heteroatoms. The van der Waals surface area contributed by atoms with Crippen LogP contribution < -0.4 is 5.32 Å². The van der Waals surface area contributed by atoms with Crippen LogP contribution >= 0.6 is 0 Å². The molecule has 0 spiro atoms. The minimum absolute atomic E-state index is 0.0172. The molecule has 32 heavy (non-hydrogen) atoms. The summed E-state index contributed by atoms with van der Waals surface area (Å²) in [4.78, 5) is 19.6. The van der Waals surface area contributed by atoms with Gasteiger partial charge in [0, 0.05) is 17.2 Å². The Hall–Kier alpha value is -3.51. The fraction of sp³-hybridized carbons (Fsp3) is 0.269. The van der Waals surface area contributed by atoms with E-state index in [1.165, 1.54) is 10.9 Å². The number of piperidine rings is 1. The number of nitrogens with zero attached hydrogens (tertiary/aromatic N) is 3. The third-order valence-electron chi connectivity index (χ3n) is 6.11. The maximum Gasteiger partial charge on any atom is 0.241 e. The lowest BCUT2D eigenvalue weighted by atomic mass is 9.95. The molecule has 1 aliphatic heterocycles. The molecule has 0 unspecified atom stereocenters. The van der Waals surface area contributed by atoms with Crippen molar-refractivity contribution in [1.82, 2.24) is 15.0 Å². The van der Waals surface area contributed by atoms with Gasteiger partial charge in [0.05, 0.1) is 6.54 Å². The number of hydrogen-bond acceptors (Lipinski definition) is 5. The van der Waals surface area contributed by atoms with E-state index in [4.69, 9.17) is 4.52 Å². The van der Waals surface area contributed by atoms with Crippen LogP contribution in [0, 0.1) is 12.8 Å². The predicted octanol–water partition coefficient (Wildman–Crippen LogP) is 5.05. The van der Waals surface area contributed by atoms with E-state index in [0.717, 1.165) is 42.6 Å². The Bertz CT molecular complexity index is 1220. The predicted molar refractivity (Wildman–Crippen MR) is 125 cm³/mol. The molecular formula is C26H26N4O2. The van der Waals surface area contributed by atoms with E-state index in [1.54, 1.807) is 0 Å². The molecule has 2 heterocycles. The van der Waals surface area contributed by atoms with Gasteiger partial charge in [-0.1, -0.05) is 65.3 Å². The molecular weight excluding hydrogens is 400 g/mol. The number of anilines is 1. The van der Waals surface area contributed by atoms with Crippen molar-refractivity contribution in [3.8, 4) is 11.4 Å². The SMILES string of the molecule is Cc1ccc(-c2noc(CN3CCC(C(=O)Nc4ccc5ccccc5c4)CC3)n2)cc1. The van der Waals surface area contributed by atoms with Crippen molar-refractivity contribution in [3.63, 3.8) is 0 Å². The average molecular weight is 427 g/mol. The molecule has 1 saturated heterocycles. The number of aromatic nitrogens is 2. The van der Waals surface area contributed by atoms with Gasteiger partial charge in [-0.2, -0.15) is 4.98 Å². The number of benzene rings is 3. The number of amides is 1. The number of rotatable bonds is 5. The summed E-state index contributed by atoms with van der Waals surface area (Å²) in [6.07, 6.45) is 1.64. The van der Waals surface area contributed by atoms with E-state index >= 15 is 0 Å². The van der Waals surface area contributed by atoms with Gasteiger partial charge in [-0.25, -0.2) is 0 Å². The minimum Gasteiger partial charge on any atom is -0.338 e. The second-order valence-electron chi connectivity index (χ2n) is 8.48. The van der Waals surface area contributed by atoms with Crippen LogP contribution in [0.3, 0.4) is 0 Å². The van der Waals surface area contributed by atoms with E-state index in [1.807, 2.05) is 54.6 Å². The molecule has 1 N–H and O–H groups in total. The highest BCUT2D eigenvalue weighted by Gasteiger charge is 2.26. The van der Waals surface area contributed by atoms with Crippen LogP contribution in [0.1, 0.15) is 24.3 Å². The van der Waals surface area contributed by atoms with Crippen LogP contribution in [0.15, 0.2) is 71.3 Å².